The van der Waals surface area contributed by atoms with E-state index in [0.29, 0.717) is 23.5 Å². The van der Waals surface area contributed by atoms with Crippen LogP contribution in [0.4, 0.5) is 5.69 Å². The van der Waals surface area contributed by atoms with Gasteiger partial charge in [0.05, 0.1) is 5.56 Å². The first-order chi connectivity index (χ1) is 9.52. The van der Waals surface area contributed by atoms with Crippen molar-refractivity contribution in [3.05, 3.63) is 53.3 Å². The number of anilines is 1. The smallest absolute Gasteiger partial charge is 0.335 e. The van der Waals surface area contributed by atoms with Crippen molar-refractivity contribution >= 4 is 17.6 Å². The Morgan fingerprint density at radius 2 is 2.05 bits per heavy atom. The molecule has 0 aliphatic heterocycles. The van der Waals surface area contributed by atoms with Crippen LogP contribution in [0.1, 0.15) is 33.3 Å². The van der Waals surface area contributed by atoms with Gasteiger partial charge in [0.2, 0.25) is 0 Å². The highest BCUT2D eigenvalue weighted by atomic mass is 16.4. The van der Waals surface area contributed by atoms with Crippen LogP contribution in [-0.4, -0.2) is 21.6 Å². The Kier molecular flexibility index (Phi) is 3.89. The highest BCUT2D eigenvalue weighted by Gasteiger charge is 2.12. The summed E-state index contributed by atoms with van der Waals surface area (Å²) >= 11 is 0. The molecule has 1 aromatic heterocycles. The molecule has 5 nitrogen and oxygen atoms in total. The number of aryl methyl sites for hydroxylation is 2. The van der Waals surface area contributed by atoms with Crippen molar-refractivity contribution in [1.29, 1.82) is 0 Å². The molecule has 0 spiro atoms. The van der Waals surface area contributed by atoms with Crippen molar-refractivity contribution in [2.24, 2.45) is 0 Å². The number of aromatic carboxylic acids is 1. The van der Waals surface area contributed by atoms with E-state index in [0.717, 1.165) is 0 Å². The molecule has 1 aromatic carbocycles. The van der Waals surface area contributed by atoms with Crippen LogP contribution in [0, 0.1) is 6.92 Å². The van der Waals surface area contributed by atoms with Crippen molar-refractivity contribution in [2.45, 2.75) is 20.4 Å². The monoisotopic (exact) mass is 272 g/mol. The average Bonchev–Trinajstić information content (AvgIpc) is 2.86. The van der Waals surface area contributed by atoms with Gasteiger partial charge in [-0.3, -0.25) is 4.79 Å². The first-order valence-corrected chi connectivity index (χ1v) is 6.33. The summed E-state index contributed by atoms with van der Waals surface area (Å²) in [7, 11) is 0. The van der Waals surface area contributed by atoms with Gasteiger partial charge >= 0.3 is 5.97 Å². The fourth-order valence-corrected chi connectivity index (χ4v) is 2.07. The van der Waals surface area contributed by atoms with Gasteiger partial charge < -0.3 is 15.0 Å². The molecule has 5 heteroatoms. The molecule has 0 fully saturated rings. The van der Waals surface area contributed by atoms with Crippen LogP contribution >= 0.6 is 0 Å². The number of hydrogen-bond donors (Lipinski definition) is 2. The molecule has 0 bridgehead atoms. The fourth-order valence-electron chi connectivity index (χ4n) is 2.07. The molecule has 0 atom stereocenters. The normalized spacial score (nSPS) is 10.3. The van der Waals surface area contributed by atoms with Crippen LogP contribution < -0.4 is 5.32 Å². The van der Waals surface area contributed by atoms with Crippen LogP contribution in [0.5, 0.6) is 0 Å². The third-order valence-corrected chi connectivity index (χ3v) is 3.12. The van der Waals surface area contributed by atoms with Gasteiger partial charge in [0.1, 0.15) is 5.69 Å². The Morgan fingerprint density at radius 3 is 2.65 bits per heavy atom. The summed E-state index contributed by atoms with van der Waals surface area (Å²) in [6, 6.07) is 8.30. The first kappa shape index (κ1) is 13.9. The molecule has 0 unspecified atom stereocenters. The zero-order valence-electron chi connectivity index (χ0n) is 11.4. The highest BCUT2D eigenvalue weighted by molar-refractivity contribution is 6.03. The molecule has 2 N–H and O–H groups in total. The largest absolute Gasteiger partial charge is 0.478 e. The summed E-state index contributed by atoms with van der Waals surface area (Å²) in [5.74, 6) is -1.18. The molecular weight excluding hydrogens is 256 g/mol. The highest BCUT2D eigenvalue weighted by Crippen LogP contribution is 2.16. The number of rotatable bonds is 4. The number of amides is 1. The van der Waals surface area contributed by atoms with E-state index in [1.807, 2.05) is 23.8 Å². The second-order valence-electron chi connectivity index (χ2n) is 4.47. The molecule has 0 saturated heterocycles. The predicted molar refractivity (Wildman–Crippen MR) is 76.2 cm³/mol. The Hall–Kier alpha value is -2.56. The summed E-state index contributed by atoms with van der Waals surface area (Å²) in [5.41, 5.74) is 2.01. The zero-order valence-corrected chi connectivity index (χ0v) is 11.4. The lowest BCUT2D eigenvalue weighted by atomic mass is 10.1. The van der Waals surface area contributed by atoms with E-state index in [1.54, 1.807) is 25.1 Å². The number of nitrogens with zero attached hydrogens (tertiary/aromatic N) is 1. The molecule has 1 amide bonds. The van der Waals surface area contributed by atoms with Gasteiger partial charge in [-0.15, -0.1) is 0 Å². The van der Waals surface area contributed by atoms with Gasteiger partial charge in [-0.05, 0) is 49.7 Å². The van der Waals surface area contributed by atoms with Crippen molar-refractivity contribution in [2.75, 3.05) is 5.32 Å². The number of carboxylic acids is 1. The van der Waals surface area contributed by atoms with Crippen LogP contribution in [0.3, 0.4) is 0 Å². The predicted octanol–water partition coefficient (Wildman–Crippen LogP) is 2.77. The molecule has 0 saturated carbocycles. The molecule has 1 heterocycles. The standard InChI is InChI=1S/C15H16N2O3/c1-3-17-8-4-5-13(17)14(18)16-11-6-7-12(15(19)20)10(2)9-11/h4-9H,3H2,1-2H3,(H,16,18)(H,19,20). The summed E-state index contributed by atoms with van der Waals surface area (Å²) in [4.78, 5) is 23.1. The van der Waals surface area contributed by atoms with Crippen LogP contribution in [0.25, 0.3) is 0 Å². The van der Waals surface area contributed by atoms with Gasteiger partial charge in [0.15, 0.2) is 0 Å². The second-order valence-corrected chi connectivity index (χ2v) is 4.47. The third kappa shape index (κ3) is 2.71. The second kappa shape index (κ2) is 5.61. The van der Waals surface area contributed by atoms with Crippen LogP contribution in [-0.2, 0) is 6.54 Å². The molecule has 0 radical (unpaired) electrons. The average molecular weight is 272 g/mol. The fraction of sp³-hybridized carbons (Fsp3) is 0.200. The summed E-state index contributed by atoms with van der Waals surface area (Å²) in [5, 5.41) is 11.7. The molecule has 2 rings (SSSR count). The Balaban J connectivity index is 2.20. The Labute approximate surface area is 116 Å². The van der Waals surface area contributed by atoms with Gasteiger partial charge in [-0.1, -0.05) is 0 Å². The van der Waals surface area contributed by atoms with Gasteiger partial charge in [-0.25, -0.2) is 4.79 Å². The van der Waals surface area contributed by atoms with Crippen molar-refractivity contribution in [1.82, 2.24) is 4.57 Å². The molecular formula is C15H16N2O3. The number of carboxylic acid groups (broad SMARTS) is 1. The van der Waals surface area contributed by atoms with E-state index >= 15 is 0 Å². The summed E-state index contributed by atoms with van der Waals surface area (Å²) in [6.45, 7) is 4.38. The maximum absolute atomic E-state index is 12.1. The molecule has 0 aliphatic rings. The zero-order chi connectivity index (χ0) is 14.7. The van der Waals surface area contributed by atoms with E-state index in [2.05, 4.69) is 5.32 Å². The van der Waals surface area contributed by atoms with E-state index in [1.165, 1.54) is 6.07 Å². The van der Waals surface area contributed by atoms with E-state index in [4.69, 9.17) is 5.11 Å². The van der Waals surface area contributed by atoms with Crippen LogP contribution in [0.15, 0.2) is 36.5 Å². The maximum atomic E-state index is 12.1. The van der Waals surface area contributed by atoms with Crippen molar-refractivity contribution < 1.29 is 14.7 Å². The number of carbonyl (C=O) groups excluding carboxylic acids is 1. The van der Waals surface area contributed by atoms with Crippen molar-refractivity contribution in [3.63, 3.8) is 0 Å². The van der Waals surface area contributed by atoms with E-state index < -0.39 is 5.97 Å². The number of benzene rings is 1. The minimum atomic E-state index is -0.972. The van der Waals surface area contributed by atoms with Gasteiger partial charge in [0, 0.05) is 18.4 Å². The minimum Gasteiger partial charge on any atom is -0.478 e. The van der Waals surface area contributed by atoms with Crippen LogP contribution in [0.2, 0.25) is 0 Å². The lowest BCUT2D eigenvalue weighted by Crippen LogP contribution is -2.16. The van der Waals surface area contributed by atoms with Gasteiger partial charge in [-0.2, -0.15) is 0 Å². The number of aromatic nitrogens is 1. The number of carbonyl (C=O) groups is 2. The topological polar surface area (TPSA) is 71.3 Å². The quantitative estimate of drug-likeness (QED) is 0.899. The minimum absolute atomic E-state index is 0.209. The Bertz CT molecular complexity index is 659. The van der Waals surface area contributed by atoms with Gasteiger partial charge in [0.25, 0.3) is 5.91 Å². The third-order valence-electron chi connectivity index (χ3n) is 3.12. The molecule has 0 aliphatic carbocycles. The number of nitrogens with one attached hydrogen (secondary N) is 1. The Morgan fingerprint density at radius 1 is 1.30 bits per heavy atom. The van der Waals surface area contributed by atoms with E-state index in [9.17, 15) is 9.59 Å². The first-order valence-electron chi connectivity index (χ1n) is 6.33. The molecule has 104 valence electrons. The SMILES string of the molecule is CCn1cccc1C(=O)Nc1ccc(C(=O)O)c(C)c1. The van der Waals surface area contributed by atoms with Crippen molar-refractivity contribution in [3.8, 4) is 0 Å². The lowest BCUT2D eigenvalue weighted by molar-refractivity contribution is 0.0696. The lowest BCUT2D eigenvalue weighted by Gasteiger charge is -2.09. The number of hydrogen-bond acceptors (Lipinski definition) is 2. The van der Waals surface area contributed by atoms with E-state index in [-0.39, 0.29) is 11.5 Å². The molecule has 20 heavy (non-hydrogen) atoms. The summed E-state index contributed by atoms with van der Waals surface area (Å²) < 4.78 is 1.84. The summed E-state index contributed by atoms with van der Waals surface area (Å²) in [6.07, 6.45) is 1.84. The molecule has 2 aromatic rings. The maximum Gasteiger partial charge on any atom is 0.335 e.